The molecule has 0 spiro atoms. The monoisotopic (exact) mass is 286 g/mol. The minimum absolute atomic E-state index is 0.146. The van der Waals surface area contributed by atoms with Gasteiger partial charge < -0.3 is 5.32 Å². The number of benzene rings is 1. The molecule has 0 fully saturated rings. The Morgan fingerprint density at radius 2 is 2.10 bits per heavy atom. The van der Waals surface area contributed by atoms with Gasteiger partial charge in [-0.15, -0.1) is 5.10 Å². The lowest BCUT2D eigenvalue weighted by Crippen LogP contribution is -2.27. The fourth-order valence-corrected chi connectivity index (χ4v) is 1.97. The highest BCUT2D eigenvalue weighted by molar-refractivity contribution is 5.90. The van der Waals surface area contributed by atoms with E-state index in [4.69, 9.17) is 0 Å². The molecule has 5 heteroatoms. The second-order valence-electron chi connectivity index (χ2n) is 6.25. The van der Waals surface area contributed by atoms with Crippen LogP contribution in [-0.2, 0) is 11.8 Å². The number of aromatic amines is 1. The molecule has 21 heavy (non-hydrogen) atoms. The van der Waals surface area contributed by atoms with Crippen molar-refractivity contribution in [3.63, 3.8) is 0 Å². The van der Waals surface area contributed by atoms with Crippen molar-refractivity contribution in [2.45, 2.75) is 39.5 Å². The van der Waals surface area contributed by atoms with Crippen LogP contribution >= 0.6 is 0 Å². The van der Waals surface area contributed by atoms with E-state index in [0.29, 0.717) is 12.4 Å². The Labute approximate surface area is 125 Å². The standard InChI is InChI=1S/C16H22N4O/c1-11-6-5-7-12(10-11)8-9-17-14(21)13-18-15(20-19-13)16(2,3)4/h5-7,10H,8-9H2,1-4H3,(H,17,21)(H,18,19,20). The maximum Gasteiger partial charge on any atom is 0.290 e. The molecule has 0 bridgehead atoms. The van der Waals surface area contributed by atoms with Gasteiger partial charge in [0.2, 0.25) is 5.82 Å². The van der Waals surface area contributed by atoms with E-state index < -0.39 is 0 Å². The van der Waals surface area contributed by atoms with Crippen molar-refractivity contribution in [3.8, 4) is 0 Å². The topological polar surface area (TPSA) is 70.7 Å². The molecular formula is C16H22N4O. The summed E-state index contributed by atoms with van der Waals surface area (Å²) in [6, 6.07) is 8.27. The third kappa shape index (κ3) is 4.15. The van der Waals surface area contributed by atoms with E-state index in [1.54, 1.807) is 0 Å². The van der Waals surface area contributed by atoms with Crippen molar-refractivity contribution in [1.29, 1.82) is 0 Å². The number of hydrogen-bond acceptors (Lipinski definition) is 3. The van der Waals surface area contributed by atoms with E-state index in [2.05, 4.69) is 45.6 Å². The molecule has 1 aromatic heterocycles. The number of carbonyl (C=O) groups excluding carboxylic acids is 1. The summed E-state index contributed by atoms with van der Waals surface area (Å²) in [5, 5.41) is 9.64. The molecule has 2 aromatic rings. The summed E-state index contributed by atoms with van der Waals surface area (Å²) in [7, 11) is 0. The third-order valence-corrected chi connectivity index (χ3v) is 3.18. The van der Waals surface area contributed by atoms with Crippen LogP contribution in [-0.4, -0.2) is 27.6 Å². The Hall–Kier alpha value is -2.17. The second kappa shape index (κ2) is 6.08. The van der Waals surface area contributed by atoms with Gasteiger partial charge in [0.05, 0.1) is 0 Å². The third-order valence-electron chi connectivity index (χ3n) is 3.18. The van der Waals surface area contributed by atoms with Crippen molar-refractivity contribution >= 4 is 5.91 Å². The summed E-state index contributed by atoms with van der Waals surface area (Å²) < 4.78 is 0. The van der Waals surface area contributed by atoms with Crippen molar-refractivity contribution in [2.24, 2.45) is 0 Å². The summed E-state index contributed by atoms with van der Waals surface area (Å²) in [5.41, 5.74) is 2.29. The van der Waals surface area contributed by atoms with Crippen LogP contribution in [0.4, 0.5) is 0 Å². The van der Waals surface area contributed by atoms with Gasteiger partial charge in [0.1, 0.15) is 5.82 Å². The maximum atomic E-state index is 12.0. The summed E-state index contributed by atoms with van der Waals surface area (Å²) in [6.45, 7) is 8.69. The molecule has 1 heterocycles. The first-order chi connectivity index (χ1) is 9.86. The van der Waals surface area contributed by atoms with Crippen molar-refractivity contribution in [1.82, 2.24) is 20.5 Å². The molecule has 112 valence electrons. The van der Waals surface area contributed by atoms with E-state index in [1.165, 1.54) is 11.1 Å². The molecule has 5 nitrogen and oxygen atoms in total. The molecule has 0 aliphatic rings. The number of aromatic nitrogens is 3. The average molecular weight is 286 g/mol. The number of nitrogens with one attached hydrogen (secondary N) is 2. The predicted molar refractivity (Wildman–Crippen MR) is 82.3 cm³/mol. The van der Waals surface area contributed by atoms with E-state index in [0.717, 1.165) is 6.42 Å². The van der Waals surface area contributed by atoms with Gasteiger partial charge in [0, 0.05) is 12.0 Å². The summed E-state index contributed by atoms with van der Waals surface area (Å²) >= 11 is 0. The predicted octanol–water partition coefficient (Wildman–Crippen LogP) is 2.38. The first-order valence-electron chi connectivity index (χ1n) is 7.13. The Morgan fingerprint density at radius 3 is 2.71 bits per heavy atom. The number of amides is 1. The van der Waals surface area contributed by atoms with Gasteiger partial charge in [-0.05, 0) is 18.9 Å². The van der Waals surface area contributed by atoms with Crippen LogP contribution in [0.3, 0.4) is 0 Å². The summed E-state index contributed by atoms with van der Waals surface area (Å²) in [4.78, 5) is 16.2. The lowest BCUT2D eigenvalue weighted by atomic mass is 9.96. The van der Waals surface area contributed by atoms with Crippen molar-refractivity contribution < 1.29 is 4.79 Å². The molecular weight excluding hydrogens is 264 g/mol. The van der Waals surface area contributed by atoms with Crippen LogP contribution < -0.4 is 5.32 Å². The first-order valence-corrected chi connectivity index (χ1v) is 7.13. The first kappa shape index (κ1) is 15.2. The summed E-state index contributed by atoms with van der Waals surface area (Å²) in [6.07, 6.45) is 0.796. The van der Waals surface area contributed by atoms with Crippen LogP contribution in [0.25, 0.3) is 0 Å². The number of H-pyrrole nitrogens is 1. The number of aryl methyl sites for hydroxylation is 1. The lowest BCUT2D eigenvalue weighted by molar-refractivity contribution is 0.0944. The Kier molecular flexibility index (Phi) is 4.40. The van der Waals surface area contributed by atoms with Gasteiger partial charge in [-0.1, -0.05) is 50.6 Å². The van der Waals surface area contributed by atoms with Gasteiger partial charge in [0.15, 0.2) is 0 Å². The van der Waals surface area contributed by atoms with Crippen LogP contribution in [0.5, 0.6) is 0 Å². The van der Waals surface area contributed by atoms with Crippen LogP contribution in [0.2, 0.25) is 0 Å². The molecule has 0 saturated heterocycles. The SMILES string of the molecule is Cc1cccc(CCNC(=O)c2n[nH]c(C(C)(C)C)n2)c1. The fraction of sp³-hybridized carbons (Fsp3) is 0.438. The lowest BCUT2D eigenvalue weighted by Gasteiger charge is -2.12. The molecule has 0 unspecified atom stereocenters. The zero-order valence-corrected chi connectivity index (χ0v) is 13.0. The van der Waals surface area contributed by atoms with Gasteiger partial charge in [0.25, 0.3) is 5.91 Å². The molecule has 2 rings (SSSR count). The zero-order chi connectivity index (χ0) is 15.5. The van der Waals surface area contributed by atoms with E-state index in [1.807, 2.05) is 26.8 Å². The average Bonchev–Trinajstić information content (AvgIpc) is 2.88. The van der Waals surface area contributed by atoms with Crippen LogP contribution in [0, 0.1) is 6.92 Å². The van der Waals surface area contributed by atoms with Crippen LogP contribution in [0.15, 0.2) is 24.3 Å². The second-order valence-corrected chi connectivity index (χ2v) is 6.25. The van der Waals surface area contributed by atoms with Gasteiger partial charge >= 0.3 is 0 Å². The fourth-order valence-electron chi connectivity index (χ4n) is 1.97. The molecule has 0 aliphatic heterocycles. The highest BCUT2D eigenvalue weighted by Gasteiger charge is 2.20. The largest absolute Gasteiger partial charge is 0.349 e. The minimum Gasteiger partial charge on any atom is -0.349 e. The smallest absolute Gasteiger partial charge is 0.290 e. The number of carbonyl (C=O) groups is 1. The van der Waals surface area contributed by atoms with E-state index >= 15 is 0 Å². The van der Waals surface area contributed by atoms with Crippen molar-refractivity contribution in [3.05, 3.63) is 47.0 Å². The molecule has 2 N–H and O–H groups in total. The normalized spacial score (nSPS) is 11.4. The minimum atomic E-state index is -0.241. The Balaban J connectivity index is 1.89. The zero-order valence-electron chi connectivity index (χ0n) is 13.0. The Morgan fingerprint density at radius 1 is 1.33 bits per heavy atom. The van der Waals surface area contributed by atoms with E-state index in [9.17, 15) is 4.79 Å². The molecule has 1 amide bonds. The van der Waals surface area contributed by atoms with Crippen LogP contribution in [0.1, 0.15) is 48.3 Å². The molecule has 0 radical (unpaired) electrons. The molecule has 0 aliphatic carbocycles. The summed E-state index contributed by atoms with van der Waals surface area (Å²) in [5.74, 6) is 0.671. The van der Waals surface area contributed by atoms with Gasteiger partial charge in [-0.3, -0.25) is 9.89 Å². The maximum absolute atomic E-state index is 12.0. The van der Waals surface area contributed by atoms with Crippen molar-refractivity contribution in [2.75, 3.05) is 6.54 Å². The quantitative estimate of drug-likeness (QED) is 0.906. The molecule has 0 saturated carbocycles. The van der Waals surface area contributed by atoms with Gasteiger partial charge in [-0.2, -0.15) is 0 Å². The molecule has 1 aromatic carbocycles. The Bertz CT molecular complexity index is 625. The molecule has 0 atom stereocenters. The number of rotatable bonds is 4. The number of nitrogens with zero attached hydrogens (tertiary/aromatic N) is 2. The number of hydrogen-bond donors (Lipinski definition) is 2. The van der Waals surface area contributed by atoms with Gasteiger partial charge in [-0.25, -0.2) is 4.98 Å². The highest BCUT2D eigenvalue weighted by Crippen LogP contribution is 2.17. The highest BCUT2D eigenvalue weighted by atomic mass is 16.2. The van der Waals surface area contributed by atoms with E-state index in [-0.39, 0.29) is 17.1 Å².